The van der Waals surface area contributed by atoms with E-state index in [4.69, 9.17) is 0 Å². The maximum absolute atomic E-state index is 13.1. The minimum Gasteiger partial charge on any atom is -0.548 e. The molecule has 0 bridgehead atoms. The van der Waals surface area contributed by atoms with Gasteiger partial charge in [0.05, 0.1) is 17.4 Å². The van der Waals surface area contributed by atoms with Crippen molar-refractivity contribution in [3.8, 4) is 0 Å². The molecule has 0 unspecified atom stereocenters. The number of rotatable bonds is 8. The fourth-order valence-electron chi connectivity index (χ4n) is 2.95. The van der Waals surface area contributed by atoms with Crippen molar-refractivity contribution in [3.63, 3.8) is 0 Å². The zero-order valence-corrected chi connectivity index (χ0v) is 16.5. The van der Waals surface area contributed by atoms with Crippen LogP contribution < -0.4 is 16.0 Å². The van der Waals surface area contributed by atoms with Gasteiger partial charge in [-0.25, -0.2) is 0 Å². The average molecular weight is 411 g/mol. The van der Waals surface area contributed by atoms with Crippen LogP contribution >= 0.6 is 11.8 Å². The Bertz CT molecular complexity index is 1070. The molecule has 1 heterocycles. The van der Waals surface area contributed by atoms with E-state index in [9.17, 15) is 19.5 Å². The molecule has 2 atom stereocenters. The molecule has 0 radical (unpaired) electrons. The number of carboxylic acids is 1. The Kier molecular flexibility index (Phi) is 6.61. The molecule has 150 valence electrons. The number of carboxylic acid groups (broad SMARTS) is 1. The van der Waals surface area contributed by atoms with Gasteiger partial charge in [0, 0.05) is 0 Å². The first kappa shape index (κ1) is 20.5. The molecular formula is C20H19N4O4S-. The highest BCUT2D eigenvalue weighted by molar-refractivity contribution is 7.98. The second-order valence-electron chi connectivity index (χ2n) is 6.33. The predicted octanol–water partition coefficient (Wildman–Crippen LogP) is 0.369. The molecule has 0 aliphatic rings. The standard InChI is InChI=1S/C20H20N4O4S/c1-29-12-11-16(20(27)28)21-18(25)17(13-7-3-2-4-8-13)24-19(26)14-9-5-6-10-15(14)22-23-24/h2-10,16-17H,11-12H2,1H3,(H,21,25)(H,27,28)/p-1/t16-,17-/m0/s1. The fourth-order valence-corrected chi connectivity index (χ4v) is 3.42. The Morgan fingerprint density at radius 1 is 1.14 bits per heavy atom. The number of amides is 1. The minimum absolute atomic E-state index is 0.203. The normalized spacial score (nSPS) is 13.0. The molecule has 29 heavy (non-hydrogen) atoms. The number of aromatic nitrogens is 3. The van der Waals surface area contributed by atoms with Gasteiger partial charge in [-0.3, -0.25) is 9.59 Å². The summed E-state index contributed by atoms with van der Waals surface area (Å²) < 4.78 is 0.980. The Morgan fingerprint density at radius 2 is 1.83 bits per heavy atom. The van der Waals surface area contributed by atoms with E-state index in [1.807, 2.05) is 6.26 Å². The number of nitrogens with zero attached hydrogens (tertiary/aromatic N) is 3. The van der Waals surface area contributed by atoms with Gasteiger partial charge in [0.15, 0.2) is 6.04 Å². The van der Waals surface area contributed by atoms with Crippen LogP contribution in [0.2, 0.25) is 0 Å². The number of thioether (sulfide) groups is 1. The van der Waals surface area contributed by atoms with E-state index >= 15 is 0 Å². The monoisotopic (exact) mass is 411 g/mol. The first-order chi connectivity index (χ1) is 14.0. The van der Waals surface area contributed by atoms with Gasteiger partial charge in [0.25, 0.3) is 5.56 Å². The number of aliphatic carboxylic acids is 1. The van der Waals surface area contributed by atoms with Crippen LogP contribution in [0.3, 0.4) is 0 Å². The first-order valence-electron chi connectivity index (χ1n) is 8.92. The molecule has 0 fully saturated rings. The van der Waals surface area contributed by atoms with Gasteiger partial charge in [0.1, 0.15) is 5.52 Å². The maximum Gasteiger partial charge on any atom is 0.278 e. The molecular weight excluding hydrogens is 392 g/mol. The quantitative estimate of drug-likeness (QED) is 0.569. The molecule has 8 nitrogen and oxygen atoms in total. The van der Waals surface area contributed by atoms with Crippen LogP contribution in [0, 0.1) is 0 Å². The van der Waals surface area contributed by atoms with Crippen LogP contribution in [0.1, 0.15) is 18.0 Å². The Hall–Kier alpha value is -3.20. The van der Waals surface area contributed by atoms with Gasteiger partial charge >= 0.3 is 0 Å². The number of hydrogen-bond donors (Lipinski definition) is 1. The third kappa shape index (κ3) is 4.62. The molecule has 1 N–H and O–H groups in total. The number of nitrogens with one attached hydrogen (secondary N) is 1. The van der Waals surface area contributed by atoms with Crippen LogP contribution in [0.4, 0.5) is 0 Å². The SMILES string of the molecule is CSCC[C@H](NC(=O)[C@H](c1ccccc1)n1nnc2ccccc2c1=O)C(=O)[O-]. The molecule has 0 aliphatic carbocycles. The highest BCUT2D eigenvalue weighted by Crippen LogP contribution is 2.17. The third-order valence-electron chi connectivity index (χ3n) is 4.41. The Balaban J connectivity index is 2.04. The highest BCUT2D eigenvalue weighted by Gasteiger charge is 2.28. The molecule has 0 saturated carbocycles. The second kappa shape index (κ2) is 9.33. The van der Waals surface area contributed by atoms with Gasteiger partial charge in [-0.1, -0.05) is 47.7 Å². The summed E-state index contributed by atoms with van der Waals surface area (Å²) in [5, 5.41) is 22.2. The number of benzene rings is 2. The van der Waals surface area contributed by atoms with Crippen LogP contribution in [0.5, 0.6) is 0 Å². The lowest BCUT2D eigenvalue weighted by Crippen LogP contribution is -2.51. The summed E-state index contributed by atoms with van der Waals surface area (Å²) in [6.45, 7) is 0. The molecule has 1 aromatic heterocycles. The number of carbonyl (C=O) groups excluding carboxylic acids is 2. The summed E-state index contributed by atoms with van der Waals surface area (Å²) in [6.07, 6.45) is 2.04. The Morgan fingerprint density at radius 3 is 2.52 bits per heavy atom. The van der Waals surface area contributed by atoms with Crippen LogP contribution in [0.15, 0.2) is 59.4 Å². The average Bonchev–Trinajstić information content (AvgIpc) is 2.73. The van der Waals surface area contributed by atoms with Crippen molar-refractivity contribution in [2.75, 3.05) is 12.0 Å². The zero-order valence-electron chi connectivity index (χ0n) is 15.6. The highest BCUT2D eigenvalue weighted by atomic mass is 32.2. The predicted molar refractivity (Wildman–Crippen MR) is 108 cm³/mol. The van der Waals surface area contributed by atoms with E-state index < -0.39 is 29.5 Å². The van der Waals surface area contributed by atoms with E-state index in [1.165, 1.54) is 11.8 Å². The first-order valence-corrected chi connectivity index (χ1v) is 10.3. The molecule has 1 amide bonds. The molecule has 9 heteroatoms. The summed E-state index contributed by atoms with van der Waals surface area (Å²) in [4.78, 5) is 37.5. The summed E-state index contributed by atoms with van der Waals surface area (Å²) in [6, 6.07) is 12.9. The molecule has 3 aromatic rings. The van der Waals surface area contributed by atoms with E-state index in [2.05, 4.69) is 15.6 Å². The molecule has 0 aliphatic heterocycles. The van der Waals surface area contributed by atoms with Crippen LogP contribution in [-0.2, 0) is 9.59 Å². The molecule has 3 rings (SSSR count). The number of hydrogen-bond acceptors (Lipinski definition) is 7. The van der Waals surface area contributed by atoms with E-state index in [-0.39, 0.29) is 6.42 Å². The number of fused-ring (bicyclic) bond motifs is 1. The smallest absolute Gasteiger partial charge is 0.278 e. The lowest BCUT2D eigenvalue weighted by molar-refractivity contribution is -0.308. The lowest BCUT2D eigenvalue weighted by Gasteiger charge is -2.24. The van der Waals surface area contributed by atoms with Crippen molar-refractivity contribution < 1.29 is 14.7 Å². The molecule has 2 aromatic carbocycles. The fraction of sp³-hybridized carbons (Fsp3) is 0.250. The molecule has 0 saturated heterocycles. The maximum atomic E-state index is 13.1. The van der Waals surface area contributed by atoms with Crippen molar-refractivity contribution in [2.24, 2.45) is 0 Å². The van der Waals surface area contributed by atoms with E-state index in [0.29, 0.717) is 22.2 Å². The summed E-state index contributed by atoms with van der Waals surface area (Å²) in [5.41, 5.74) is 0.404. The van der Waals surface area contributed by atoms with Gasteiger partial charge in [0.2, 0.25) is 5.91 Å². The van der Waals surface area contributed by atoms with Crippen LogP contribution in [0.25, 0.3) is 10.9 Å². The number of carbonyl (C=O) groups is 2. The van der Waals surface area contributed by atoms with Crippen molar-refractivity contribution in [3.05, 3.63) is 70.5 Å². The van der Waals surface area contributed by atoms with Crippen molar-refractivity contribution in [1.29, 1.82) is 0 Å². The van der Waals surface area contributed by atoms with Gasteiger partial charge in [-0.2, -0.15) is 16.4 Å². The van der Waals surface area contributed by atoms with Gasteiger partial charge in [-0.05, 0) is 36.1 Å². The lowest BCUT2D eigenvalue weighted by atomic mass is 10.1. The minimum atomic E-state index is -1.38. The van der Waals surface area contributed by atoms with E-state index in [0.717, 1.165) is 4.68 Å². The largest absolute Gasteiger partial charge is 0.548 e. The third-order valence-corrected chi connectivity index (χ3v) is 5.06. The van der Waals surface area contributed by atoms with Gasteiger partial charge in [-0.15, -0.1) is 5.10 Å². The zero-order chi connectivity index (χ0) is 20.8. The summed E-state index contributed by atoms with van der Waals surface area (Å²) in [5.74, 6) is -1.51. The van der Waals surface area contributed by atoms with Crippen LogP contribution in [-0.4, -0.2) is 44.9 Å². The van der Waals surface area contributed by atoms with E-state index in [1.54, 1.807) is 54.6 Å². The Labute approximate surface area is 170 Å². The topological polar surface area (TPSA) is 117 Å². The van der Waals surface area contributed by atoms with Crippen molar-refractivity contribution in [1.82, 2.24) is 20.3 Å². The molecule has 0 spiro atoms. The van der Waals surface area contributed by atoms with Crippen molar-refractivity contribution >= 4 is 34.5 Å². The summed E-state index contributed by atoms with van der Waals surface area (Å²) in [7, 11) is 0. The second-order valence-corrected chi connectivity index (χ2v) is 7.32. The summed E-state index contributed by atoms with van der Waals surface area (Å²) >= 11 is 1.46. The van der Waals surface area contributed by atoms with Crippen molar-refractivity contribution in [2.45, 2.75) is 18.5 Å². The van der Waals surface area contributed by atoms with Gasteiger partial charge < -0.3 is 15.2 Å².